The minimum Gasteiger partial charge on any atom is -0.397 e. The molecule has 19 heavy (non-hydrogen) atoms. The average Bonchev–Trinajstić information content (AvgIpc) is 2.92. The normalized spacial score (nSPS) is 10.9. The van der Waals surface area contributed by atoms with Crippen molar-refractivity contribution in [2.75, 3.05) is 5.73 Å². The van der Waals surface area contributed by atoms with Gasteiger partial charge in [0, 0.05) is 37.6 Å². The Balaban J connectivity index is 2.07. The highest BCUT2D eigenvalue weighted by molar-refractivity contribution is 5.93. The molecule has 2 heterocycles. The van der Waals surface area contributed by atoms with Crippen LogP contribution in [0.4, 0.5) is 5.69 Å². The monoisotopic (exact) mass is 261 g/mol. The van der Waals surface area contributed by atoms with Gasteiger partial charge in [0.1, 0.15) is 5.69 Å². The second kappa shape index (κ2) is 5.17. The van der Waals surface area contributed by atoms with Gasteiger partial charge in [-0.25, -0.2) is 0 Å². The van der Waals surface area contributed by atoms with Crippen LogP contribution in [-0.2, 0) is 13.6 Å². The summed E-state index contributed by atoms with van der Waals surface area (Å²) in [5.74, 6) is -0.130. The Morgan fingerprint density at radius 1 is 1.47 bits per heavy atom. The summed E-state index contributed by atoms with van der Waals surface area (Å²) in [6, 6.07) is 1.88. The maximum atomic E-state index is 12.1. The summed E-state index contributed by atoms with van der Waals surface area (Å²) in [6.07, 6.45) is 5.38. The van der Waals surface area contributed by atoms with Crippen molar-refractivity contribution in [3.05, 3.63) is 35.9 Å². The third-order valence-electron chi connectivity index (χ3n) is 2.87. The summed E-state index contributed by atoms with van der Waals surface area (Å²) in [7, 11) is 1.84. The number of anilines is 1. The van der Waals surface area contributed by atoms with Crippen molar-refractivity contribution < 1.29 is 4.79 Å². The molecule has 0 unspecified atom stereocenters. The predicted molar refractivity (Wildman–Crippen MR) is 73.6 cm³/mol. The molecule has 0 aliphatic carbocycles. The Hall–Kier alpha value is -2.24. The molecule has 0 saturated heterocycles. The molecule has 2 aromatic heterocycles. The van der Waals surface area contributed by atoms with Crippen LogP contribution in [0.3, 0.4) is 0 Å². The topological polar surface area (TPSA) is 77.9 Å². The van der Waals surface area contributed by atoms with Gasteiger partial charge in [0.2, 0.25) is 0 Å². The Bertz CT molecular complexity index is 582. The van der Waals surface area contributed by atoms with Crippen LogP contribution in [0.2, 0.25) is 0 Å². The van der Waals surface area contributed by atoms with E-state index in [-0.39, 0.29) is 11.9 Å². The Labute approximate surface area is 112 Å². The molecule has 3 N–H and O–H groups in total. The van der Waals surface area contributed by atoms with Crippen LogP contribution in [0, 0.1) is 0 Å². The molecule has 0 radical (unpaired) electrons. The van der Waals surface area contributed by atoms with Crippen molar-refractivity contribution in [2.24, 2.45) is 7.05 Å². The lowest BCUT2D eigenvalue weighted by Gasteiger charge is -2.12. The Morgan fingerprint density at radius 2 is 2.21 bits per heavy atom. The van der Waals surface area contributed by atoms with Gasteiger partial charge in [-0.1, -0.05) is 0 Å². The van der Waals surface area contributed by atoms with Gasteiger partial charge in [-0.3, -0.25) is 9.48 Å². The molecule has 0 saturated carbocycles. The van der Waals surface area contributed by atoms with Crippen LogP contribution < -0.4 is 11.1 Å². The number of aromatic nitrogens is 3. The van der Waals surface area contributed by atoms with E-state index in [4.69, 9.17) is 5.73 Å². The number of nitrogens with one attached hydrogen (secondary N) is 1. The molecule has 102 valence electrons. The lowest BCUT2D eigenvalue weighted by atomic mass is 10.3. The zero-order valence-electron chi connectivity index (χ0n) is 11.4. The van der Waals surface area contributed by atoms with Gasteiger partial charge in [-0.15, -0.1) is 0 Å². The van der Waals surface area contributed by atoms with Crippen molar-refractivity contribution in [1.29, 1.82) is 0 Å². The summed E-state index contributed by atoms with van der Waals surface area (Å²) < 4.78 is 3.57. The highest BCUT2D eigenvalue weighted by Crippen LogP contribution is 2.16. The minimum absolute atomic E-state index is 0.130. The van der Waals surface area contributed by atoms with Crippen LogP contribution in [0.5, 0.6) is 0 Å². The number of carbonyl (C=O) groups is 1. The number of rotatable bonds is 4. The summed E-state index contributed by atoms with van der Waals surface area (Å²) in [5, 5.41) is 6.93. The van der Waals surface area contributed by atoms with Gasteiger partial charge in [0.15, 0.2) is 0 Å². The summed E-state index contributed by atoms with van der Waals surface area (Å²) in [5.41, 5.74) is 7.89. The molecule has 2 rings (SSSR count). The summed E-state index contributed by atoms with van der Waals surface area (Å²) in [4.78, 5) is 12.1. The molecule has 0 spiro atoms. The first-order chi connectivity index (χ1) is 8.97. The molecule has 0 fully saturated rings. The summed E-state index contributed by atoms with van der Waals surface area (Å²) >= 11 is 0. The molecule has 0 aliphatic rings. The molecular weight excluding hydrogens is 242 g/mol. The van der Waals surface area contributed by atoms with Crippen molar-refractivity contribution in [2.45, 2.75) is 26.4 Å². The highest BCUT2D eigenvalue weighted by atomic mass is 16.1. The lowest BCUT2D eigenvalue weighted by molar-refractivity contribution is 0.0940. The quantitative estimate of drug-likeness (QED) is 0.871. The molecule has 2 aromatic rings. The number of nitrogens with zero attached hydrogens (tertiary/aromatic N) is 3. The van der Waals surface area contributed by atoms with E-state index in [1.54, 1.807) is 23.1 Å². The van der Waals surface area contributed by atoms with Crippen molar-refractivity contribution in [1.82, 2.24) is 19.7 Å². The maximum Gasteiger partial charge on any atom is 0.268 e. The maximum absolute atomic E-state index is 12.1. The molecule has 0 aliphatic heterocycles. The van der Waals surface area contributed by atoms with Gasteiger partial charge in [0.05, 0.1) is 11.9 Å². The van der Waals surface area contributed by atoms with Gasteiger partial charge in [0.25, 0.3) is 5.91 Å². The van der Waals surface area contributed by atoms with E-state index in [0.29, 0.717) is 17.9 Å². The Morgan fingerprint density at radius 3 is 2.79 bits per heavy atom. The Kier molecular flexibility index (Phi) is 3.59. The largest absolute Gasteiger partial charge is 0.397 e. The first-order valence-electron chi connectivity index (χ1n) is 6.20. The zero-order valence-corrected chi connectivity index (χ0v) is 11.4. The lowest BCUT2D eigenvalue weighted by Crippen LogP contribution is -2.25. The van der Waals surface area contributed by atoms with Crippen LogP contribution in [0.15, 0.2) is 24.7 Å². The van der Waals surface area contributed by atoms with Gasteiger partial charge in [-0.2, -0.15) is 5.10 Å². The fourth-order valence-corrected chi connectivity index (χ4v) is 1.95. The number of hydrogen-bond acceptors (Lipinski definition) is 3. The first-order valence-corrected chi connectivity index (χ1v) is 6.20. The summed E-state index contributed by atoms with van der Waals surface area (Å²) in [6.45, 7) is 4.48. The third kappa shape index (κ3) is 2.96. The van der Waals surface area contributed by atoms with E-state index >= 15 is 0 Å². The second-order valence-corrected chi connectivity index (χ2v) is 4.86. The number of nitrogen functional groups attached to an aromatic ring is 1. The van der Waals surface area contributed by atoms with E-state index in [1.165, 1.54) is 0 Å². The van der Waals surface area contributed by atoms with Crippen LogP contribution in [0.1, 0.15) is 35.9 Å². The number of nitrogens with two attached hydrogens (primary N) is 1. The molecule has 1 amide bonds. The molecular formula is C13H19N5O. The van der Waals surface area contributed by atoms with Crippen LogP contribution in [0.25, 0.3) is 0 Å². The third-order valence-corrected chi connectivity index (χ3v) is 2.87. The van der Waals surface area contributed by atoms with Gasteiger partial charge in [-0.05, 0) is 19.9 Å². The molecule has 6 heteroatoms. The van der Waals surface area contributed by atoms with Crippen molar-refractivity contribution in [3.63, 3.8) is 0 Å². The number of hydrogen-bond donors (Lipinski definition) is 2. The zero-order chi connectivity index (χ0) is 14.0. The van der Waals surface area contributed by atoms with Gasteiger partial charge >= 0.3 is 0 Å². The van der Waals surface area contributed by atoms with E-state index in [0.717, 1.165) is 5.56 Å². The second-order valence-electron chi connectivity index (χ2n) is 4.86. The number of amides is 1. The van der Waals surface area contributed by atoms with Gasteiger partial charge < -0.3 is 15.6 Å². The smallest absolute Gasteiger partial charge is 0.268 e. The highest BCUT2D eigenvalue weighted by Gasteiger charge is 2.14. The molecule has 0 bridgehead atoms. The molecule has 0 atom stereocenters. The van der Waals surface area contributed by atoms with E-state index < -0.39 is 0 Å². The minimum atomic E-state index is -0.130. The van der Waals surface area contributed by atoms with Crippen LogP contribution in [-0.4, -0.2) is 20.3 Å². The van der Waals surface area contributed by atoms with Crippen molar-refractivity contribution >= 4 is 11.6 Å². The number of carbonyl (C=O) groups excluding carboxylic acids is 1. The van der Waals surface area contributed by atoms with E-state index in [9.17, 15) is 4.79 Å². The van der Waals surface area contributed by atoms with Crippen molar-refractivity contribution in [3.8, 4) is 0 Å². The number of aryl methyl sites for hydroxylation is 1. The first kappa shape index (κ1) is 13.2. The van der Waals surface area contributed by atoms with E-state index in [1.807, 2.05) is 31.7 Å². The molecule has 6 nitrogen and oxygen atoms in total. The SMILES string of the molecule is CC(C)n1cc(N)cc1C(=O)NCc1cnn(C)c1. The van der Waals surface area contributed by atoms with Crippen LogP contribution >= 0.6 is 0 Å². The fourth-order valence-electron chi connectivity index (χ4n) is 1.95. The fraction of sp³-hybridized carbons (Fsp3) is 0.385. The van der Waals surface area contributed by atoms with E-state index in [2.05, 4.69) is 10.4 Å². The molecule has 0 aromatic carbocycles. The predicted octanol–water partition coefficient (Wildman–Crippen LogP) is 1.31. The average molecular weight is 261 g/mol. The standard InChI is InChI=1S/C13H19N5O/c1-9(2)18-8-11(14)4-12(18)13(19)15-5-10-6-16-17(3)7-10/h4,6-9H,5,14H2,1-3H3,(H,15,19).